The van der Waals surface area contributed by atoms with Gasteiger partial charge in [0.15, 0.2) is 0 Å². The number of aromatic carboxylic acids is 1. The molecule has 0 unspecified atom stereocenters. The van der Waals surface area contributed by atoms with Crippen LogP contribution in [0.3, 0.4) is 0 Å². The molecule has 0 spiro atoms. The van der Waals surface area contributed by atoms with Gasteiger partial charge in [-0.15, -0.1) is 0 Å². The Hall–Kier alpha value is -3.14. The molecule has 0 saturated carbocycles. The van der Waals surface area contributed by atoms with Crippen molar-refractivity contribution in [2.45, 2.75) is 6.54 Å². The maximum atomic E-state index is 13.5. The number of hydrogen-bond donors (Lipinski definition) is 2. The summed E-state index contributed by atoms with van der Waals surface area (Å²) in [6.45, 7) is 0.484. The highest BCUT2D eigenvalue weighted by Gasteiger charge is 2.07. The van der Waals surface area contributed by atoms with Crippen molar-refractivity contribution < 1.29 is 14.3 Å². The monoisotopic (exact) mass is 321 g/mol. The van der Waals surface area contributed by atoms with Gasteiger partial charge in [-0.2, -0.15) is 0 Å². The Morgan fingerprint density at radius 2 is 1.58 bits per heavy atom. The number of carboxylic acid groups (broad SMARTS) is 1. The van der Waals surface area contributed by atoms with Crippen LogP contribution in [-0.2, 0) is 6.54 Å². The Bertz CT molecular complexity index is 845. The molecular weight excluding hydrogens is 305 g/mol. The molecule has 4 heteroatoms. The van der Waals surface area contributed by atoms with Gasteiger partial charge in [-0.3, -0.25) is 0 Å². The number of carbonyl (C=O) groups is 1. The number of nitrogens with one attached hydrogen (secondary N) is 1. The molecule has 3 rings (SSSR count). The molecule has 0 aliphatic rings. The zero-order chi connectivity index (χ0) is 16.9. The Kier molecular flexibility index (Phi) is 4.57. The van der Waals surface area contributed by atoms with Gasteiger partial charge in [0.05, 0.1) is 5.56 Å². The lowest BCUT2D eigenvalue weighted by atomic mass is 10.0. The molecule has 3 aromatic rings. The average Bonchev–Trinajstić information content (AvgIpc) is 2.61. The van der Waals surface area contributed by atoms with Gasteiger partial charge < -0.3 is 10.4 Å². The van der Waals surface area contributed by atoms with Gasteiger partial charge in [0, 0.05) is 12.2 Å². The van der Waals surface area contributed by atoms with E-state index in [1.807, 2.05) is 54.6 Å². The molecule has 120 valence electrons. The van der Waals surface area contributed by atoms with Crippen molar-refractivity contribution in [3.63, 3.8) is 0 Å². The molecule has 0 amide bonds. The van der Waals surface area contributed by atoms with Gasteiger partial charge in [0.25, 0.3) is 0 Å². The van der Waals surface area contributed by atoms with E-state index < -0.39 is 11.8 Å². The maximum Gasteiger partial charge on any atom is 0.335 e. The fraction of sp³-hybridized carbons (Fsp3) is 0.0500. The minimum Gasteiger partial charge on any atom is -0.478 e. The molecule has 0 radical (unpaired) electrons. The van der Waals surface area contributed by atoms with Crippen LogP contribution in [0, 0.1) is 5.82 Å². The van der Waals surface area contributed by atoms with Crippen molar-refractivity contribution in [1.82, 2.24) is 0 Å². The molecule has 0 bridgehead atoms. The van der Waals surface area contributed by atoms with E-state index in [0.29, 0.717) is 12.2 Å². The third-order valence-corrected chi connectivity index (χ3v) is 3.70. The zero-order valence-corrected chi connectivity index (χ0v) is 12.9. The van der Waals surface area contributed by atoms with E-state index in [1.54, 1.807) is 0 Å². The molecule has 2 N–H and O–H groups in total. The number of benzene rings is 3. The predicted molar refractivity (Wildman–Crippen MR) is 92.6 cm³/mol. The van der Waals surface area contributed by atoms with Gasteiger partial charge in [-0.1, -0.05) is 54.6 Å². The molecule has 3 aromatic carbocycles. The first kappa shape index (κ1) is 15.7. The highest BCUT2D eigenvalue weighted by Crippen LogP contribution is 2.20. The van der Waals surface area contributed by atoms with Crippen LogP contribution in [0.25, 0.3) is 11.1 Å². The van der Waals surface area contributed by atoms with Crippen molar-refractivity contribution in [1.29, 1.82) is 0 Å². The fourth-order valence-corrected chi connectivity index (χ4v) is 2.46. The second-order valence-electron chi connectivity index (χ2n) is 5.45. The minimum atomic E-state index is -1.15. The molecule has 0 atom stereocenters. The second-order valence-corrected chi connectivity index (χ2v) is 5.45. The molecule has 0 aliphatic heterocycles. The van der Waals surface area contributed by atoms with Crippen LogP contribution in [-0.4, -0.2) is 11.1 Å². The van der Waals surface area contributed by atoms with E-state index in [1.165, 1.54) is 12.1 Å². The van der Waals surface area contributed by atoms with Gasteiger partial charge >= 0.3 is 5.97 Å². The summed E-state index contributed by atoms with van der Waals surface area (Å²) in [7, 11) is 0. The Morgan fingerprint density at radius 3 is 2.25 bits per heavy atom. The van der Waals surface area contributed by atoms with Crippen molar-refractivity contribution in [3.05, 3.63) is 89.7 Å². The van der Waals surface area contributed by atoms with Crippen LogP contribution in [0.5, 0.6) is 0 Å². The summed E-state index contributed by atoms with van der Waals surface area (Å²) in [5, 5.41) is 12.0. The van der Waals surface area contributed by atoms with Gasteiger partial charge in [0.2, 0.25) is 0 Å². The number of rotatable bonds is 5. The smallest absolute Gasteiger partial charge is 0.335 e. The fourth-order valence-electron chi connectivity index (χ4n) is 2.46. The van der Waals surface area contributed by atoms with E-state index in [2.05, 4.69) is 5.32 Å². The van der Waals surface area contributed by atoms with Gasteiger partial charge in [-0.05, 0) is 34.9 Å². The summed E-state index contributed by atoms with van der Waals surface area (Å²) >= 11 is 0. The first-order valence-corrected chi connectivity index (χ1v) is 7.54. The summed E-state index contributed by atoms with van der Waals surface area (Å²) < 4.78 is 13.5. The lowest BCUT2D eigenvalue weighted by molar-refractivity contribution is 0.0696. The molecule has 0 heterocycles. The lowest BCUT2D eigenvalue weighted by Crippen LogP contribution is -2.03. The van der Waals surface area contributed by atoms with Crippen LogP contribution in [0.2, 0.25) is 0 Å². The van der Waals surface area contributed by atoms with Gasteiger partial charge in [0.1, 0.15) is 5.82 Å². The van der Waals surface area contributed by atoms with Crippen molar-refractivity contribution in [2.75, 3.05) is 5.32 Å². The van der Waals surface area contributed by atoms with Gasteiger partial charge in [-0.25, -0.2) is 9.18 Å². The van der Waals surface area contributed by atoms with E-state index in [9.17, 15) is 9.18 Å². The van der Waals surface area contributed by atoms with Crippen molar-refractivity contribution >= 4 is 11.7 Å². The molecule has 0 aliphatic carbocycles. The number of anilines is 1. The lowest BCUT2D eigenvalue weighted by Gasteiger charge is -2.09. The molecule has 24 heavy (non-hydrogen) atoms. The summed E-state index contributed by atoms with van der Waals surface area (Å²) in [5.41, 5.74) is 3.67. The largest absolute Gasteiger partial charge is 0.478 e. The number of carboxylic acids is 1. The quantitative estimate of drug-likeness (QED) is 0.709. The highest BCUT2D eigenvalue weighted by molar-refractivity contribution is 5.88. The number of hydrogen-bond acceptors (Lipinski definition) is 2. The van der Waals surface area contributed by atoms with E-state index in [-0.39, 0.29) is 5.56 Å². The topological polar surface area (TPSA) is 49.3 Å². The Morgan fingerprint density at radius 1 is 0.917 bits per heavy atom. The Labute approximate surface area is 139 Å². The van der Waals surface area contributed by atoms with Crippen LogP contribution < -0.4 is 5.32 Å². The van der Waals surface area contributed by atoms with Crippen molar-refractivity contribution in [3.8, 4) is 11.1 Å². The molecule has 0 aromatic heterocycles. The van der Waals surface area contributed by atoms with E-state index >= 15 is 0 Å². The third-order valence-electron chi connectivity index (χ3n) is 3.70. The van der Waals surface area contributed by atoms with Crippen LogP contribution >= 0.6 is 0 Å². The standard InChI is InChI=1S/C20H16FNO2/c21-18-10-17(20(23)24)11-19(12-18)22-13-14-6-8-16(9-7-14)15-4-2-1-3-5-15/h1-12,22H,13H2,(H,23,24). The SMILES string of the molecule is O=C(O)c1cc(F)cc(NCc2ccc(-c3ccccc3)cc2)c1. The highest BCUT2D eigenvalue weighted by atomic mass is 19.1. The third kappa shape index (κ3) is 3.79. The van der Waals surface area contributed by atoms with E-state index in [4.69, 9.17) is 5.11 Å². The first-order valence-electron chi connectivity index (χ1n) is 7.54. The second kappa shape index (κ2) is 6.96. The molecular formula is C20H16FNO2. The molecule has 3 nitrogen and oxygen atoms in total. The first-order chi connectivity index (χ1) is 11.6. The summed E-state index contributed by atoms with van der Waals surface area (Å²) in [4.78, 5) is 11.0. The average molecular weight is 321 g/mol. The number of halogens is 1. The summed E-state index contributed by atoms with van der Waals surface area (Å²) in [5.74, 6) is -1.72. The minimum absolute atomic E-state index is 0.0723. The summed E-state index contributed by atoms with van der Waals surface area (Å²) in [6.07, 6.45) is 0. The zero-order valence-electron chi connectivity index (χ0n) is 12.9. The Balaban J connectivity index is 1.70. The molecule has 0 fully saturated rings. The molecule has 0 saturated heterocycles. The van der Waals surface area contributed by atoms with E-state index in [0.717, 1.165) is 22.8 Å². The predicted octanol–water partition coefficient (Wildman–Crippen LogP) is 4.80. The van der Waals surface area contributed by atoms with Crippen molar-refractivity contribution in [2.24, 2.45) is 0 Å². The maximum absolute atomic E-state index is 13.5. The van der Waals surface area contributed by atoms with Crippen LogP contribution in [0.15, 0.2) is 72.8 Å². The van der Waals surface area contributed by atoms with Crippen LogP contribution in [0.1, 0.15) is 15.9 Å². The van der Waals surface area contributed by atoms with Crippen LogP contribution in [0.4, 0.5) is 10.1 Å². The normalized spacial score (nSPS) is 10.4. The summed E-state index contributed by atoms with van der Waals surface area (Å²) in [6, 6.07) is 21.8.